The van der Waals surface area contributed by atoms with E-state index < -0.39 is 0 Å². The molecule has 0 N–H and O–H groups in total. The van der Waals surface area contributed by atoms with E-state index in [1.54, 1.807) is 22.3 Å². The summed E-state index contributed by atoms with van der Waals surface area (Å²) < 4.78 is 0. The molecule has 0 heterocycles. The number of allylic oxidation sites excluding steroid dienone is 4. The Labute approximate surface area is 394 Å². The Morgan fingerprint density at radius 2 is 0.609 bits per heavy atom. The van der Waals surface area contributed by atoms with Gasteiger partial charge in [0.25, 0.3) is 0 Å². The number of rotatable bonds is 31. The molecule has 0 atom stereocenters. The van der Waals surface area contributed by atoms with Crippen LogP contribution in [0.1, 0.15) is 255 Å². The van der Waals surface area contributed by atoms with Gasteiger partial charge in [0.15, 0.2) is 0 Å². The fourth-order valence-corrected chi connectivity index (χ4v) is 12.0. The van der Waals surface area contributed by atoms with Crippen LogP contribution in [0, 0.1) is 0 Å². The van der Waals surface area contributed by atoms with Gasteiger partial charge >= 0.3 is 0 Å². The van der Waals surface area contributed by atoms with Crippen molar-refractivity contribution in [1.29, 1.82) is 0 Å². The molecule has 0 aliphatic heterocycles. The summed E-state index contributed by atoms with van der Waals surface area (Å²) >= 11 is 0. The largest absolute Gasteiger partial charge is 0.0654 e. The van der Waals surface area contributed by atoms with Gasteiger partial charge in [-0.2, -0.15) is 0 Å². The molecule has 0 amide bonds. The monoisotopic (exact) mass is 859 g/mol. The molecular weight excluding hydrogens is 769 g/mol. The molecule has 0 saturated carbocycles. The van der Waals surface area contributed by atoms with Crippen molar-refractivity contribution < 1.29 is 0 Å². The van der Waals surface area contributed by atoms with Crippen LogP contribution in [0.15, 0.2) is 97.1 Å². The zero-order valence-corrected chi connectivity index (χ0v) is 42.0. The van der Waals surface area contributed by atoms with E-state index in [2.05, 4.69) is 139 Å². The Kier molecular flexibility index (Phi) is 20.1. The summed E-state index contributed by atoms with van der Waals surface area (Å²) in [5.41, 5.74) is 18.1. The zero-order chi connectivity index (χ0) is 45.0. The van der Waals surface area contributed by atoms with Crippen LogP contribution in [-0.4, -0.2) is 0 Å². The van der Waals surface area contributed by atoms with E-state index in [-0.39, 0.29) is 10.8 Å². The van der Waals surface area contributed by atoms with Gasteiger partial charge in [0.2, 0.25) is 0 Å². The Morgan fingerprint density at radius 3 is 0.938 bits per heavy atom. The highest BCUT2D eigenvalue weighted by Gasteiger charge is 2.43. The van der Waals surface area contributed by atoms with Crippen molar-refractivity contribution in [2.45, 2.75) is 232 Å². The number of unbranched alkanes of at least 4 members (excludes halogenated alkanes) is 20. The van der Waals surface area contributed by atoms with E-state index in [4.69, 9.17) is 0 Å². The van der Waals surface area contributed by atoms with Gasteiger partial charge in [-0.15, -0.1) is 0 Å². The molecule has 0 heteroatoms. The second-order valence-electron chi connectivity index (χ2n) is 20.5. The first kappa shape index (κ1) is 49.8. The van der Waals surface area contributed by atoms with Crippen LogP contribution in [-0.2, 0) is 10.8 Å². The van der Waals surface area contributed by atoms with E-state index in [0.29, 0.717) is 0 Å². The minimum absolute atomic E-state index is 0.114. The van der Waals surface area contributed by atoms with Gasteiger partial charge in [0.1, 0.15) is 0 Å². The van der Waals surface area contributed by atoms with Crippen molar-refractivity contribution in [3.63, 3.8) is 0 Å². The summed E-state index contributed by atoms with van der Waals surface area (Å²) in [5, 5.41) is 0. The van der Waals surface area contributed by atoms with E-state index in [9.17, 15) is 0 Å². The van der Waals surface area contributed by atoms with E-state index in [1.165, 1.54) is 224 Å². The lowest BCUT2D eigenvalue weighted by molar-refractivity contribution is 0.398. The maximum atomic E-state index is 2.63. The van der Waals surface area contributed by atoms with E-state index in [0.717, 1.165) is 0 Å². The Morgan fingerprint density at radius 1 is 0.328 bits per heavy atom. The van der Waals surface area contributed by atoms with Gasteiger partial charge in [-0.05, 0) is 118 Å². The minimum atomic E-state index is 0.114. The van der Waals surface area contributed by atoms with Gasteiger partial charge in [0, 0.05) is 10.8 Å². The van der Waals surface area contributed by atoms with E-state index >= 15 is 0 Å². The van der Waals surface area contributed by atoms with Crippen LogP contribution in [0.4, 0.5) is 0 Å². The average molecular weight is 859 g/mol. The maximum Gasteiger partial charge on any atom is 0.0215 e. The summed E-state index contributed by atoms with van der Waals surface area (Å²) in [6.45, 7) is 14.0. The highest BCUT2D eigenvalue weighted by atomic mass is 14.5. The first-order valence-corrected chi connectivity index (χ1v) is 27.3. The van der Waals surface area contributed by atoms with Crippen LogP contribution in [0.3, 0.4) is 0 Å². The van der Waals surface area contributed by atoms with Crippen molar-refractivity contribution in [2.75, 3.05) is 0 Å². The summed E-state index contributed by atoms with van der Waals surface area (Å²) in [7, 11) is 0. The number of fused-ring (bicyclic) bond motifs is 6. The van der Waals surface area contributed by atoms with E-state index in [1.807, 2.05) is 0 Å². The van der Waals surface area contributed by atoms with Gasteiger partial charge in [0.05, 0.1) is 0 Å². The maximum absolute atomic E-state index is 2.63. The first-order chi connectivity index (χ1) is 31.4. The SMILES string of the molecule is CCCCCCCCC1(CCCCCCCC)c2ccccc2-c2ccc(/C(C)=C/C=C(\C)c3ccc4c(c3)C(CCCCCCCC)(CCCCCCCC)c3ccccc3-4)cc21. The molecule has 4 aromatic carbocycles. The summed E-state index contributed by atoms with van der Waals surface area (Å²) in [4.78, 5) is 0. The molecule has 0 saturated heterocycles. The predicted molar refractivity (Wildman–Crippen MR) is 285 cm³/mol. The Hall–Kier alpha value is -3.64. The highest BCUT2D eigenvalue weighted by molar-refractivity contribution is 5.85. The van der Waals surface area contributed by atoms with Crippen molar-refractivity contribution in [3.05, 3.63) is 130 Å². The second kappa shape index (κ2) is 25.9. The van der Waals surface area contributed by atoms with Gasteiger partial charge in [-0.3, -0.25) is 0 Å². The predicted octanol–water partition coefficient (Wildman–Crippen LogP) is 20.7. The molecule has 0 radical (unpaired) electrons. The zero-order valence-electron chi connectivity index (χ0n) is 42.0. The van der Waals surface area contributed by atoms with Gasteiger partial charge < -0.3 is 0 Å². The molecule has 2 aliphatic rings. The number of hydrogen-bond acceptors (Lipinski definition) is 0. The van der Waals surface area contributed by atoms with Crippen LogP contribution in [0.2, 0.25) is 0 Å². The molecule has 2 aliphatic carbocycles. The minimum Gasteiger partial charge on any atom is -0.0654 e. The molecular formula is C64H90. The van der Waals surface area contributed by atoms with Crippen molar-refractivity contribution >= 4 is 11.1 Å². The molecule has 0 nitrogen and oxygen atoms in total. The summed E-state index contributed by atoms with van der Waals surface area (Å²) in [5.74, 6) is 0. The summed E-state index contributed by atoms with van der Waals surface area (Å²) in [6.07, 6.45) is 42.4. The van der Waals surface area contributed by atoms with Crippen LogP contribution in [0.5, 0.6) is 0 Å². The topological polar surface area (TPSA) is 0 Å². The molecule has 0 unspecified atom stereocenters. The third-order valence-corrected chi connectivity index (χ3v) is 15.9. The van der Waals surface area contributed by atoms with Crippen molar-refractivity contribution in [3.8, 4) is 22.3 Å². The second-order valence-corrected chi connectivity index (χ2v) is 20.5. The van der Waals surface area contributed by atoms with Crippen LogP contribution in [0.25, 0.3) is 33.4 Å². The molecule has 4 aromatic rings. The normalized spacial score (nSPS) is 14.7. The van der Waals surface area contributed by atoms with Crippen LogP contribution >= 0.6 is 0 Å². The number of hydrogen-bond donors (Lipinski definition) is 0. The molecule has 64 heavy (non-hydrogen) atoms. The lowest BCUT2D eigenvalue weighted by atomic mass is 9.70. The highest BCUT2D eigenvalue weighted by Crippen LogP contribution is 2.56. The molecule has 0 spiro atoms. The van der Waals surface area contributed by atoms with Crippen LogP contribution < -0.4 is 0 Å². The fourth-order valence-electron chi connectivity index (χ4n) is 12.0. The average Bonchev–Trinajstić information content (AvgIpc) is 3.76. The third kappa shape index (κ3) is 12.2. The fraction of sp³-hybridized carbons (Fsp3) is 0.562. The van der Waals surface area contributed by atoms with Crippen molar-refractivity contribution in [2.24, 2.45) is 0 Å². The Balaban J connectivity index is 1.29. The standard InChI is InChI=1S/C64H90/c1-7-11-15-19-23-31-45-63(46-32-24-20-16-12-8-2)59-37-29-27-35-55(59)57-43-41-53(49-61(57)63)51(5)39-40-52(6)54-42-44-58-56-36-28-30-38-60(56)64(62(58)50-54,47-33-25-21-17-13-9-3)48-34-26-22-18-14-10-4/h27-30,35-44,49-50H,7-26,31-34,45-48H2,1-6H3/b51-39+,52-40+. The van der Waals surface area contributed by atoms with Gasteiger partial charge in [-0.25, -0.2) is 0 Å². The molecule has 0 bridgehead atoms. The molecule has 0 aromatic heterocycles. The van der Waals surface area contributed by atoms with Crippen molar-refractivity contribution in [1.82, 2.24) is 0 Å². The number of benzene rings is 4. The lowest BCUT2D eigenvalue weighted by Crippen LogP contribution is -2.25. The third-order valence-electron chi connectivity index (χ3n) is 15.9. The summed E-state index contributed by atoms with van der Waals surface area (Å²) in [6, 6.07) is 34.0. The smallest absolute Gasteiger partial charge is 0.0215 e. The van der Waals surface area contributed by atoms with Gasteiger partial charge in [-0.1, -0.05) is 267 Å². The quantitative estimate of drug-likeness (QED) is 0.0349. The Bertz CT molecular complexity index is 1890. The lowest BCUT2D eigenvalue weighted by Gasteiger charge is -2.33. The first-order valence-electron chi connectivity index (χ1n) is 27.3. The molecule has 346 valence electrons. The molecule has 0 fully saturated rings. The molecule has 6 rings (SSSR count).